The lowest BCUT2D eigenvalue weighted by atomic mass is 9.95. The number of carbonyl (C=O) groups excluding carboxylic acids is 6. The van der Waals surface area contributed by atoms with Crippen LogP contribution in [-0.2, 0) is 70.7 Å². The highest BCUT2D eigenvalue weighted by Crippen LogP contribution is 2.44. The summed E-state index contributed by atoms with van der Waals surface area (Å²) in [6, 6.07) is 38.1. The second-order valence-electron chi connectivity index (χ2n) is 20.7. The molecule has 3 aliphatic rings. The van der Waals surface area contributed by atoms with Crippen molar-refractivity contribution in [1.82, 2.24) is 4.90 Å². The molecule has 0 aliphatic carbocycles. The molecule has 3 heterocycles. The Morgan fingerprint density at radius 1 is 0.514 bits per heavy atom. The molecule has 3 saturated heterocycles. The third-order valence-corrected chi connectivity index (χ3v) is 23.5. The highest BCUT2D eigenvalue weighted by molar-refractivity contribution is 7.00. The smallest absolute Gasteiger partial charge is 0.417 e. The topological polar surface area (TPSA) is 198 Å². The van der Waals surface area contributed by atoms with Crippen LogP contribution in [0.15, 0.2) is 121 Å². The largest absolute Gasteiger partial charge is 0.463 e. The average molecular weight is 1050 g/mol. The minimum atomic E-state index is -3.59. The van der Waals surface area contributed by atoms with Gasteiger partial charge in [-0.05, 0) is 30.8 Å². The summed E-state index contributed by atoms with van der Waals surface area (Å²) in [5.41, 5.74) is 0. The van der Waals surface area contributed by atoms with Gasteiger partial charge in [-0.3, -0.25) is 24.0 Å². The van der Waals surface area contributed by atoms with Gasteiger partial charge < -0.3 is 46.7 Å². The third kappa shape index (κ3) is 11.4. The molecule has 10 atom stereocenters. The van der Waals surface area contributed by atoms with Crippen LogP contribution in [0.25, 0.3) is 0 Å². The van der Waals surface area contributed by atoms with Gasteiger partial charge in [-0.15, -0.1) is 0 Å². The van der Waals surface area contributed by atoms with E-state index >= 15 is 0 Å². The van der Waals surface area contributed by atoms with Crippen molar-refractivity contribution in [2.24, 2.45) is 0 Å². The predicted octanol–water partition coefficient (Wildman–Crippen LogP) is 5.07. The number of ether oxygens (including phenoxy) is 8. The first kappa shape index (κ1) is 55.7. The number of carbonyl (C=O) groups is 6. The molecule has 3 fully saturated rings. The molecule has 3 aliphatic heterocycles. The second-order valence-corrected chi connectivity index (χ2v) is 29.3. The van der Waals surface area contributed by atoms with Crippen LogP contribution in [-0.4, -0.2) is 132 Å². The molecule has 2 amide bonds. The average Bonchev–Trinajstić information content (AvgIpc) is 3.70. The summed E-state index contributed by atoms with van der Waals surface area (Å²) in [5.74, 6) is -3.91. The van der Waals surface area contributed by atoms with Gasteiger partial charge in [0.2, 0.25) is 5.91 Å². The fourth-order valence-corrected chi connectivity index (χ4v) is 19.7. The van der Waals surface area contributed by atoms with Crippen LogP contribution >= 0.6 is 0 Å². The number of rotatable bonds is 16. The van der Waals surface area contributed by atoms with Crippen molar-refractivity contribution in [2.45, 2.75) is 148 Å². The highest BCUT2D eigenvalue weighted by Gasteiger charge is 2.64. The molecule has 0 aromatic heterocycles. The van der Waals surface area contributed by atoms with E-state index in [1.807, 2.05) is 121 Å². The van der Waals surface area contributed by atoms with Crippen LogP contribution in [0.1, 0.15) is 76.2 Å². The standard InChI is InChI=1S/C55H67NO16Si2/c1-34(57)56-45-48(71-53(56)62)46(70-52-50(67-38(5)61)49(66-37(4)60)47(65-36(3)59)43(69-52)32-63-35(2)58)44(33-64-73(54(6,7)8,39-24-16-12-17-25-39)40-26-18-13-19-27-40)68-51(45)72-74(55(9,10)11,41-28-20-14-21-29-41)42-30-22-15-23-31-42/h12-31,43-52H,32-33H2,1-11H3/t43-,44-,45-,46-,47+,48-,49+,50-,51+,52+/m1/s1. The van der Waals surface area contributed by atoms with E-state index in [9.17, 15) is 28.8 Å². The van der Waals surface area contributed by atoms with Gasteiger partial charge in [-0.2, -0.15) is 0 Å². The molecule has 17 nitrogen and oxygen atoms in total. The fraction of sp³-hybridized carbons (Fsp3) is 0.455. The number of nitrogens with zero attached hydrogens (tertiary/aromatic N) is 1. The van der Waals surface area contributed by atoms with Crippen LogP contribution in [0.5, 0.6) is 0 Å². The van der Waals surface area contributed by atoms with Gasteiger partial charge in [-0.1, -0.05) is 163 Å². The van der Waals surface area contributed by atoms with Gasteiger partial charge in [0.25, 0.3) is 16.6 Å². The lowest BCUT2D eigenvalue weighted by molar-refractivity contribution is -0.343. The molecule has 4 aromatic carbocycles. The molecule has 19 heteroatoms. The molecule has 74 heavy (non-hydrogen) atoms. The molecule has 0 radical (unpaired) electrons. The van der Waals surface area contributed by atoms with Crippen LogP contribution in [0.3, 0.4) is 0 Å². The van der Waals surface area contributed by atoms with Gasteiger partial charge in [0, 0.05) is 34.6 Å². The first-order valence-corrected chi connectivity index (χ1v) is 28.5. The summed E-state index contributed by atoms with van der Waals surface area (Å²) < 4.78 is 65.0. The number of benzene rings is 4. The number of fused-ring (bicyclic) bond motifs is 1. The van der Waals surface area contributed by atoms with Crippen molar-refractivity contribution < 1.29 is 75.5 Å². The Labute approximate surface area is 434 Å². The molecule has 396 valence electrons. The van der Waals surface area contributed by atoms with Gasteiger partial charge in [0.05, 0.1) is 6.61 Å². The second kappa shape index (κ2) is 22.8. The van der Waals surface area contributed by atoms with E-state index in [1.165, 1.54) is 13.8 Å². The Bertz CT molecular complexity index is 2530. The summed E-state index contributed by atoms with van der Waals surface area (Å²) in [4.78, 5) is 80.1. The van der Waals surface area contributed by atoms with Gasteiger partial charge in [0.1, 0.15) is 31.0 Å². The van der Waals surface area contributed by atoms with Gasteiger partial charge >= 0.3 is 30.0 Å². The lowest BCUT2D eigenvalue weighted by Gasteiger charge is -2.51. The maximum atomic E-state index is 14.4. The highest BCUT2D eigenvalue weighted by atomic mass is 28.4. The Morgan fingerprint density at radius 2 is 0.919 bits per heavy atom. The Hall–Kier alpha value is -6.07. The minimum Gasteiger partial charge on any atom is -0.463 e. The molecule has 0 unspecified atom stereocenters. The monoisotopic (exact) mass is 1050 g/mol. The minimum absolute atomic E-state index is 0.245. The number of hydrogen-bond acceptors (Lipinski definition) is 16. The summed E-state index contributed by atoms with van der Waals surface area (Å²) in [7, 11) is -7.01. The molecule has 0 bridgehead atoms. The molecule has 0 saturated carbocycles. The predicted molar refractivity (Wildman–Crippen MR) is 274 cm³/mol. The van der Waals surface area contributed by atoms with E-state index in [-0.39, 0.29) is 6.61 Å². The Balaban J connectivity index is 1.45. The molecular formula is C55H67NO16Si2. The van der Waals surface area contributed by atoms with E-state index in [0.717, 1.165) is 46.4 Å². The number of imide groups is 1. The third-order valence-electron chi connectivity index (χ3n) is 13.5. The molecular weight excluding hydrogens is 987 g/mol. The van der Waals surface area contributed by atoms with Crippen molar-refractivity contribution in [3.8, 4) is 0 Å². The van der Waals surface area contributed by atoms with Crippen LogP contribution in [0, 0.1) is 0 Å². The van der Waals surface area contributed by atoms with E-state index in [2.05, 4.69) is 41.5 Å². The lowest BCUT2D eigenvalue weighted by Crippen LogP contribution is -2.73. The van der Waals surface area contributed by atoms with Crippen molar-refractivity contribution >= 4 is 73.3 Å². The van der Waals surface area contributed by atoms with Crippen LogP contribution in [0.4, 0.5) is 4.79 Å². The van der Waals surface area contributed by atoms with E-state index in [0.29, 0.717) is 0 Å². The van der Waals surface area contributed by atoms with Crippen LogP contribution < -0.4 is 20.7 Å². The van der Waals surface area contributed by atoms with Gasteiger partial charge in [-0.25, -0.2) is 9.69 Å². The van der Waals surface area contributed by atoms with Crippen molar-refractivity contribution in [3.05, 3.63) is 121 Å². The first-order valence-electron chi connectivity index (χ1n) is 24.7. The number of hydrogen-bond donors (Lipinski definition) is 0. The van der Waals surface area contributed by atoms with Crippen molar-refractivity contribution in [3.63, 3.8) is 0 Å². The molecule has 4 aromatic rings. The van der Waals surface area contributed by atoms with Crippen molar-refractivity contribution in [1.29, 1.82) is 0 Å². The van der Waals surface area contributed by atoms with E-state index < -0.39 is 131 Å². The summed E-state index contributed by atoms with van der Waals surface area (Å²) in [6.07, 6.45) is -14.4. The first-order chi connectivity index (χ1) is 35.0. The Kier molecular flexibility index (Phi) is 17.2. The maximum absolute atomic E-state index is 14.4. The normalized spacial score (nSPS) is 25.2. The zero-order valence-corrected chi connectivity index (χ0v) is 45.7. The van der Waals surface area contributed by atoms with E-state index in [1.54, 1.807) is 0 Å². The maximum Gasteiger partial charge on any atom is 0.417 e. The zero-order valence-electron chi connectivity index (χ0n) is 43.7. The molecule has 0 spiro atoms. The molecule has 7 rings (SSSR count). The number of esters is 4. The fourth-order valence-electron chi connectivity index (χ4n) is 10.6. The summed E-state index contributed by atoms with van der Waals surface area (Å²) in [5, 5.41) is 2.49. The molecule has 0 N–H and O–H groups in total. The zero-order chi connectivity index (χ0) is 53.8. The van der Waals surface area contributed by atoms with Crippen molar-refractivity contribution in [2.75, 3.05) is 13.2 Å². The summed E-state index contributed by atoms with van der Waals surface area (Å²) >= 11 is 0. The van der Waals surface area contributed by atoms with E-state index in [4.69, 9.17) is 46.7 Å². The van der Waals surface area contributed by atoms with Crippen LogP contribution in [0.2, 0.25) is 10.1 Å². The SMILES string of the molecule is CC(=O)OC[C@H]1O[C@@H](O[C@H]2[C@@H]3OC(=O)N(C(C)=O)[C@H]3[C@H](O[Si](c3ccccc3)(c3ccccc3)C(C)(C)C)O[C@@H]2CO[Si](c2ccccc2)(c2ccccc2)C(C)(C)C)[C@H](OC(C)=O)[C@@H](OC(C)=O)[C@H]1OC(C)=O. The summed E-state index contributed by atoms with van der Waals surface area (Å²) in [6.45, 7) is 17.5. The van der Waals surface area contributed by atoms with Gasteiger partial charge in [0.15, 0.2) is 37.0 Å². The Morgan fingerprint density at radius 3 is 1.34 bits per heavy atom. The quantitative estimate of drug-likeness (QED) is 0.0819. The number of amides is 2.